The van der Waals surface area contributed by atoms with Crippen LogP contribution in [0, 0.1) is 11.3 Å². The zero-order valence-corrected chi connectivity index (χ0v) is 12.9. The summed E-state index contributed by atoms with van der Waals surface area (Å²) >= 11 is 0. The van der Waals surface area contributed by atoms with Gasteiger partial charge >= 0.3 is 0 Å². The quantitative estimate of drug-likeness (QED) is 0.358. The minimum absolute atomic E-state index is 0.153. The van der Waals surface area contributed by atoms with Gasteiger partial charge in [0.25, 0.3) is 5.91 Å². The SMILES string of the molecule is CCCCOCCCNC(=O)/C(C#N)=C\N(CC)CC. The van der Waals surface area contributed by atoms with Gasteiger partial charge in [-0.25, -0.2) is 0 Å². The van der Waals surface area contributed by atoms with Gasteiger partial charge in [-0.1, -0.05) is 13.3 Å². The Labute approximate surface area is 122 Å². The lowest BCUT2D eigenvalue weighted by Crippen LogP contribution is -2.28. The summed E-state index contributed by atoms with van der Waals surface area (Å²) in [7, 11) is 0. The van der Waals surface area contributed by atoms with Gasteiger partial charge in [0.1, 0.15) is 11.6 Å². The van der Waals surface area contributed by atoms with Gasteiger partial charge in [-0.05, 0) is 26.7 Å². The molecule has 0 aromatic rings. The molecule has 20 heavy (non-hydrogen) atoms. The third kappa shape index (κ3) is 8.54. The molecule has 0 rings (SSSR count). The van der Waals surface area contributed by atoms with Crippen molar-refractivity contribution < 1.29 is 9.53 Å². The molecule has 0 saturated heterocycles. The minimum Gasteiger partial charge on any atom is -0.381 e. The molecular weight excluding hydrogens is 254 g/mol. The Kier molecular flexibility index (Phi) is 11.5. The number of hydrogen-bond acceptors (Lipinski definition) is 4. The molecule has 0 fully saturated rings. The molecule has 114 valence electrons. The second kappa shape index (κ2) is 12.5. The summed E-state index contributed by atoms with van der Waals surface area (Å²) < 4.78 is 5.40. The summed E-state index contributed by atoms with van der Waals surface area (Å²) in [6.45, 7) is 9.59. The molecule has 0 radical (unpaired) electrons. The van der Waals surface area contributed by atoms with Crippen molar-refractivity contribution in [2.24, 2.45) is 0 Å². The van der Waals surface area contributed by atoms with E-state index in [0.29, 0.717) is 13.2 Å². The number of unbranched alkanes of at least 4 members (excludes halogenated alkanes) is 1. The Hall–Kier alpha value is -1.54. The molecule has 0 unspecified atom stereocenters. The Balaban J connectivity index is 3.97. The second-order valence-electron chi connectivity index (χ2n) is 4.45. The fourth-order valence-electron chi connectivity index (χ4n) is 1.55. The second-order valence-corrected chi connectivity index (χ2v) is 4.45. The lowest BCUT2D eigenvalue weighted by molar-refractivity contribution is -0.117. The van der Waals surface area contributed by atoms with Crippen LogP contribution in [0.2, 0.25) is 0 Å². The lowest BCUT2D eigenvalue weighted by atomic mass is 10.2. The molecule has 1 N–H and O–H groups in total. The van der Waals surface area contributed by atoms with Crippen molar-refractivity contribution in [2.75, 3.05) is 32.8 Å². The molecule has 0 atom stereocenters. The van der Waals surface area contributed by atoms with Crippen molar-refractivity contribution in [1.29, 1.82) is 5.26 Å². The summed E-state index contributed by atoms with van der Waals surface area (Å²) in [5, 5.41) is 11.7. The zero-order valence-electron chi connectivity index (χ0n) is 12.9. The average Bonchev–Trinajstić information content (AvgIpc) is 2.47. The van der Waals surface area contributed by atoms with Crippen LogP contribution in [0.1, 0.15) is 40.0 Å². The van der Waals surface area contributed by atoms with E-state index in [1.165, 1.54) is 0 Å². The number of rotatable bonds is 11. The van der Waals surface area contributed by atoms with Gasteiger partial charge in [-0.2, -0.15) is 5.26 Å². The molecule has 5 heteroatoms. The Morgan fingerprint density at radius 3 is 2.45 bits per heavy atom. The number of ether oxygens (including phenoxy) is 1. The Morgan fingerprint density at radius 2 is 1.90 bits per heavy atom. The number of nitrogens with one attached hydrogen (secondary N) is 1. The first kappa shape index (κ1) is 18.5. The number of carbonyl (C=O) groups is 1. The fourth-order valence-corrected chi connectivity index (χ4v) is 1.55. The predicted octanol–water partition coefficient (Wildman–Crippen LogP) is 2.06. The molecular formula is C15H27N3O2. The zero-order chi connectivity index (χ0) is 15.2. The molecule has 0 saturated carbocycles. The molecule has 0 aliphatic carbocycles. The normalized spacial score (nSPS) is 11.0. The van der Waals surface area contributed by atoms with Crippen LogP contribution in [-0.4, -0.2) is 43.7 Å². The van der Waals surface area contributed by atoms with Crippen LogP contribution in [0.5, 0.6) is 0 Å². The van der Waals surface area contributed by atoms with Gasteiger partial charge in [-0.3, -0.25) is 4.79 Å². The van der Waals surface area contributed by atoms with Crippen molar-refractivity contribution >= 4 is 5.91 Å². The summed E-state index contributed by atoms with van der Waals surface area (Å²) in [5.41, 5.74) is 0.153. The van der Waals surface area contributed by atoms with Crippen LogP contribution in [-0.2, 0) is 9.53 Å². The van der Waals surface area contributed by atoms with Crippen LogP contribution >= 0.6 is 0 Å². The average molecular weight is 281 g/mol. The maximum absolute atomic E-state index is 11.8. The Morgan fingerprint density at radius 1 is 1.25 bits per heavy atom. The van der Waals surface area contributed by atoms with Crippen LogP contribution in [0.15, 0.2) is 11.8 Å². The van der Waals surface area contributed by atoms with Gasteiger partial charge < -0.3 is 15.0 Å². The topological polar surface area (TPSA) is 65.4 Å². The maximum atomic E-state index is 11.8. The lowest BCUT2D eigenvalue weighted by Gasteiger charge is -2.15. The minimum atomic E-state index is -0.312. The monoisotopic (exact) mass is 281 g/mol. The van der Waals surface area contributed by atoms with Crippen molar-refractivity contribution in [2.45, 2.75) is 40.0 Å². The first-order valence-electron chi connectivity index (χ1n) is 7.41. The molecule has 0 aromatic carbocycles. The molecule has 1 amide bonds. The van der Waals surface area contributed by atoms with Crippen LogP contribution in [0.25, 0.3) is 0 Å². The molecule has 0 heterocycles. The van der Waals surface area contributed by atoms with E-state index in [4.69, 9.17) is 10.00 Å². The molecule has 0 spiro atoms. The van der Waals surface area contributed by atoms with Gasteiger partial charge in [0, 0.05) is 39.0 Å². The number of nitrogens with zero attached hydrogens (tertiary/aromatic N) is 2. The third-order valence-corrected chi connectivity index (χ3v) is 2.88. The number of amides is 1. The smallest absolute Gasteiger partial charge is 0.263 e. The third-order valence-electron chi connectivity index (χ3n) is 2.88. The number of carbonyl (C=O) groups excluding carboxylic acids is 1. The summed E-state index contributed by atoms with van der Waals surface area (Å²) in [4.78, 5) is 13.7. The van der Waals surface area contributed by atoms with Gasteiger partial charge in [-0.15, -0.1) is 0 Å². The summed E-state index contributed by atoms with van der Waals surface area (Å²) in [6, 6.07) is 1.95. The predicted molar refractivity (Wildman–Crippen MR) is 80.0 cm³/mol. The van der Waals surface area contributed by atoms with E-state index in [-0.39, 0.29) is 11.5 Å². The van der Waals surface area contributed by atoms with Crippen molar-refractivity contribution in [3.63, 3.8) is 0 Å². The van der Waals surface area contributed by atoms with Crippen molar-refractivity contribution in [3.8, 4) is 6.07 Å². The Bertz CT molecular complexity index is 331. The van der Waals surface area contributed by atoms with Gasteiger partial charge in [0.05, 0.1) is 0 Å². The van der Waals surface area contributed by atoms with E-state index in [1.54, 1.807) is 6.20 Å². The van der Waals surface area contributed by atoms with Crippen molar-refractivity contribution in [3.05, 3.63) is 11.8 Å². The van der Waals surface area contributed by atoms with Crippen LogP contribution < -0.4 is 5.32 Å². The molecule has 5 nitrogen and oxygen atoms in total. The highest BCUT2D eigenvalue weighted by atomic mass is 16.5. The van der Waals surface area contributed by atoms with E-state index < -0.39 is 0 Å². The first-order valence-corrected chi connectivity index (χ1v) is 7.41. The highest BCUT2D eigenvalue weighted by Crippen LogP contribution is 1.98. The van der Waals surface area contributed by atoms with E-state index in [2.05, 4.69) is 12.2 Å². The van der Waals surface area contributed by atoms with E-state index in [1.807, 2.05) is 24.8 Å². The van der Waals surface area contributed by atoms with Gasteiger partial charge in [0.2, 0.25) is 0 Å². The van der Waals surface area contributed by atoms with Crippen LogP contribution in [0.3, 0.4) is 0 Å². The highest BCUT2D eigenvalue weighted by molar-refractivity contribution is 5.97. The van der Waals surface area contributed by atoms with E-state index in [9.17, 15) is 4.79 Å². The number of nitriles is 1. The molecule has 0 aromatic heterocycles. The maximum Gasteiger partial charge on any atom is 0.263 e. The highest BCUT2D eigenvalue weighted by Gasteiger charge is 2.09. The standard InChI is InChI=1S/C15H27N3O2/c1-4-7-10-20-11-8-9-17-15(19)14(12-16)13-18(5-2)6-3/h13H,4-11H2,1-3H3,(H,17,19)/b14-13-. The van der Waals surface area contributed by atoms with Gasteiger partial charge in [0.15, 0.2) is 0 Å². The van der Waals surface area contributed by atoms with Crippen LogP contribution in [0.4, 0.5) is 0 Å². The molecule has 0 aliphatic rings. The van der Waals surface area contributed by atoms with E-state index >= 15 is 0 Å². The number of hydrogen-bond donors (Lipinski definition) is 1. The van der Waals surface area contributed by atoms with Crippen molar-refractivity contribution in [1.82, 2.24) is 10.2 Å². The first-order chi connectivity index (χ1) is 9.69. The summed E-state index contributed by atoms with van der Waals surface area (Å²) in [6.07, 6.45) is 4.57. The van der Waals surface area contributed by atoms with E-state index in [0.717, 1.165) is 39.0 Å². The molecule has 0 bridgehead atoms. The largest absolute Gasteiger partial charge is 0.381 e. The molecule has 0 aliphatic heterocycles. The summed E-state index contributed by atoms with van der Waals surface area (Å²) in [5.74, 6) is -0.312. The fraction of sp³-hybridized carbons (Fsp3) is 0.733.